The minimum absolute atomic E-state index is 0.0683. The van der Waals surface area contributed by atoms with Gasteiger partial charge in [0.25, 0.3) is 0 Å². The number of hydrogen-bond acceptors (Lipinski definition) is 3. The molecule has 0 aromatic heterocycles. The summed E-state index contributed by atoms with van der Waals surface area (Å²) >= 11 is 1.66. The molecule has 0 bridgehead atoms. The lowest BCUT2D eigenvalue weighted by atomic mass is 9.96. The highest BCUT2D eigenvalue weighted by Crippen LogP contribution is 2.32. The zero-order valence-electron chi connectivity index (χ0n) is 14.4. The maximum atomic E-state index is 12.8. The Labute approximate surface area is 152 Å². The Morgan fingerprint density at radius 1 is 1.16 bits per heavy atom. The summed E-state index contributed by atoms with van der Waals surface area (Å²) in [5.74, 6) is 1.13. The summed E-state index contributed by atoms with van der Waals surface area (Å²) < 4.78 is 12.8. The van der Waals surface area contributed by atoms with E-state index in [1.54, 1.807) is 23.9 Å². The third-order valence-corrected chi connectivity index (χ3v) is 5.83. The SMILES string of the molecule is O=C(NCCCSc1ccc(F)cc1)C1CCCN(C(=O)C2CC2)C1. The van der Waals surface area contributed by atoms with Crippen LogP contribution in [0.5, 0.6) is 0 Å². The molecule has 2 aliphatic rings. The number of carbonyl (C=O) groups excluding carboxylic acids is 2. The molecule has 1 aliphatic carbocycles. The number of benzene rings is 1. The number of nitrogens with one attached hydrogen (secondary N) is 1. The standard InChI is InChI=1S/C19H25FN2O2S/c20-16-6-8-17(9-7-16)25-12-2-10-21-18(23)15-3-1-11-22(13-15)19(24)14-4-5-14/h6-9,14-15H,1-5,10-13H2,(H,21,23). The van der Waals surface area contributed by atoms with Gasteiger partial charge in [0.2, 0.25) is 11.8 Å². The molecule has 2 amide bonds. The molecule has 1 saturated heterocycles. The molecule has 0 radical (unpaired) electrons. The summed E-state index contributed by atoms with van der Waals surface area (Å²) in [5, 5.41) is 3.00. The Kier molecular flexibility index (Phi) is 6.34. The summed E-state index contributed by atoms with van der Waals surface area (Å²) in [5.41, 5.74) is 0. The van der Waals surface area contributed by atoms with E-state index < -0.39 is 0 Å². The highest BCUT2D eigenvalue weighted by atomic mass is 32.2. The van der Waals surface area contributed by atoms with Crippen molar-refractivity contribution in [1.82, 2.24) is 10.2 Å². The van der Waals surface area contributed by atoms with Gasteiger partial charge in [-0.15, -0.1) is 11.8 Å². The van der Waals surface area contributed by atoms with E-state index in [0.29, 0.717) is 13.1 Å². The highest BCUT2D eigenvalue weighted by molar-refractivity contribution is 7.99. The second kappa shape index (κ2) is 8.70. The number of nitrogens with zero attached hydrogens (tertiary/aromatic N) is 1. The average molecular weight is 364 g/mol. The molecule has 1 aromatic carbocycles. The normalized spacial score (nSPS) is 20.4. The lowest BCUT2D eigenvalue weighted by Crippen LogP contribution is -2.46. The Morgan fingerprint density at radius 3 is 2.64 bits per heavy atom. The molecule has 1 N–H and O–H groups in total. The molecule has 0 spiro atoms. The van der Waals surface area contributed by atoms with Crippen molar-refractivity contribution in [2.75, 3.05) is 25.4 Å². The summed E-state index contributed by atoms with van der Waals surface area (Å²) in [6.45, 7) is 2.01. The van der Waals surface area contributed by atoms with Crippen LogP contribution in [-0.2, 0) is 9.59 Å². The lowest BCUT2D eigenvalue weighted by molar-refractivity contribution is -0.136. The van der Waals surface area contributed by atoms with Gasteiger partial charge in [-0.25, -0.2) is 4.39 Å². The first-order valence-electron chi connectivity index (χ1n) is 9.08. The van der Waals surface area contributed by atoms with Crippen LogP contribution in [0.2, 0.25) is 0 Å². The number of thioether (sulfide) groups is 1. The van der Waals surface area contributed by atoms with Gasteiger partial charge in [0.15, 0.2) is 0 Å². The zero-order chi connectivity index (χ0) is 17.6. The molecular weight excluding hydrogens is 339 g/mol. The Morgan fingerprint density at radius 2 is 1.92 bits per heavy atom. The van der Waals surface area contributed by atoms with Crippen LogP contribution in [-0.4, -0.2) is 42.1 Å². The molecule has 1 atom stereocenters. The minimum atomic E-state index is -0.224. The number of likely N-dealkylation sites (tertiary alicyclic amines) is 1. The van der Waals surface area contributed by atoms with E-state index in [9.17, 15) is 14.0 Å². The van der Waals surface area contributed by atoms with Gasteiger partial charge in [-0.2, -0.15) is 0 Å². The number of halogens is 1. The summed E-state index contributed by atoms with van der Waals surface area (Å²) in [6.07, 6.45) is 4.67. The van der Waals surface area contributed by atoms with Gasteiger partial charge in [-0.3, -0.25) is 9.59 Å². The minimum Gasteiger partial charge on any atom is -0.356 e. The van der Waals surface area contributed by atoms with Crippen molar-refractivity contribution in [3.63, 3.8) is 0 Å². The summed E-state index contributed by atoms with van der Waals surface area (Å²) in [7, 11) is 0. The first-order valence-corrected chi connectivity index (χ1v) is 10.1. The van der Waals surface area contributed by atoms with E-state index in [0.717, 1.165) is 49.3 Å². The zero-order valence-corrected chi connectivity index (χ0v) is 15.2. The van der Waals surface area contributed by atoms with Gasteiger partial charge in [0, 0.05) is 30.4 Å². The van der Waals surface area contributed by atoms with E-state index in [1.165, 1.54) is 12.1 Å². The number of carbonyl (C=O) groups is 2. The molecule has 1 aliphatic heterocycles. The van der Waals surface area contributed by atoms with Gasteiger partial charge in [0.05, 0.1) is 5.92 Å². The van der Waals surface area contributed by atoms with E-state index in [-0.39, 0.29) is 29.5 Å². The van der Waals surface area contributed by atoms with Crippen molar-refractivity contribution in [3.05, 3.63) is 30.1 Å². The molecule has 1 heterocycles. The fourth-order valence-corrected chi connectivity index (χ4v) is 3.98. The van der Waals surface area contributed by atoms with Crippen molar-refractivity contribution in [3.8, 4) is 0 Å². The Hall–Kier alpha value is -1.56. The Bertz CT molecular complexity index is 604. The molecule has 1 saturated carbocycles. The first-order chi connectivity index (χ1) is 12.1. The topological polar surface area (TPSA) is 49.4 Å². The molecule has 4 nitrogen and oxygen atoms in total. The van der Waals surface area contributed by atoms with Crippen LogP contribution in [0, 0.1) is 17.7 Å². The fourth-order valence-electron chi connectivity index (χ4n) is 3.13. The van der Waals surface area contributed by atoms with Crippen molar-refractivity contribution < 1.29 is 14.0 Å². The Balaban J connectivity index is 1.33. The number of rotatable bonds is 7. The third-order valence-electron chi connectivity index (χ3n) is 4.73. The lowest BCUT2D eigenvalue weighted by Gasteiger charge is -2.32. The van der Waals surface area contributed by atoms with E-state index in [2.05, 4.69) is 5.32 Å². The second-order valence-electron chi connectivity index (χ2n) is 6.84. The number of amides is 2. The first kappa shape index (κ1) is 18.2. The fraction of sp³-hybridized carbons (Fsp3) is 0.579. The quantitative estimate of drug-likeness (QED) is 0.598. The summed E-state index contributed by atoms with van der Waals surface area (Å²) in [6, 6.07) is 6.46. The van der Waals surface area contributed by atoms with Crippen LogP contribution in [0.15, 0.2) is 29.2 Å². The van der Waals surface area contributed by atoms with Crippen LogP contribution in [0.25, 0.3) is 0 Å². The van der Waals surface area contributed by atoms with Gasteiger partial charge in [0.1, 0.15) is 5.82 Å². The monoisotopic (exact) mass is 364 g/mol. The van der Waals surface area contributed by atoms with E-state index in [4.69, 9.17) is 0 Å². The number of hydrogen-bond donors (Lipinski definition) is 1. The van der Waals surface area contributed by atoms with Gasteiger partial charge in [-0.05, 0) is 62.1 Å². The van der Waals surface area contributed by atoms with E-state index in [1.807, 2.05) is 4.90 Å². The molecule has 6 heteroatoms. The van der Waals surface area contributed by atoms with Crippen LogP contribution in [0.1, 0.15) is 32.1 Å². The van der Waals surface area contributed by atoms with Gasteiger partial charge < -0.3 is 10.2 Å². The van der Waals surface area contributed by atoms with Gasteiger partial charge in [-0.1, -0.05) is 0 Å². The highest BCUT2D eigenvalue weighted by Gasteiger charge is 2.36. The van der Waals surface area contributed by atoms with E-state index >= 15 is 0 Å². The smallest absolute Gasteiger partial charge is 0.225 e. The maximum Gasteiger partial charge on any atom is 0.225 e. The van der Waals surface area contributed by atoms with Crippen LogP contribution in [0.4, 0.5) is 4.39 Å². The molecule has 136 valence electrons. The van der Waals surface area contributed by atoms with Crippen LogP contribution < -0.4 is 5.32 Å². The van der Waals surface area contributed by atoms with Gasteiger partial charge >= 0.3 is 0 Å². The predicted molar refractivity (Wildman–Crippen MR) is 96.8 cm³/mol. The number of piperidine rings is 1. The molecule has 1 aromatic rings. The van der Waals surface area contributed by atoms with Crippen molar-refractivity contribution in [1.29, 1.82) is 0 Å². The second-order valence-corrected chi connectivity index (χ2v) is 8.01. The van der Waals surface area contributed by atoms with Crippen LogP contribution in [0.3, 0.4) is 0 Å². The third kappa shape index (κ3) is 5.46. The molecule has 3 rings (SSSR count). The summed E-state index contributed by atoms with van der Waals surface area (Å²) in [4.78, 5) is 27.4. The molecule has 2 fully saturated rings. The maximum absolute atomic E-state index is 12.8. The molecule has 25 heavy (non-hydrogen) atoms. The molecular formula is C19H25FN2O2S. The van der Waals surface area contributed by atoms with Crippen molar-refractivity contribution in [2.24, 2.45) is 11.8 Å². The largest absolute Gasteiger partial charge is 0.356 e. The predicted octanol–water partition coefficient (Wildman–Crippen LogP) is 3.07. The van der Waals surface area contributed by atoms with Crippen molar-refractivity contribution in [2.45, 2.75) is 37.0 Å². The molecule has 1 unspecified atom stereocenters. The average Bonchev–Trinajstić information content (AvgIpc) is 3.47. The van der Waals surface area contributed by atoms with Crippen LogP contribution >= 0.6 is 11.8 Å². The van der Waals surface area contributed by atoms with Crippen molar-refractivity contribution >= 4 is 23.6 Å².